The summed E-state index contributed by atoms with van der Waals surface area (Å²) in [7, 11) is 2.06. The summed E-state index contributed by atoms with van der Waals surface area (Å²) in [5.74, 6) is -0.0132. The summed E-state index contributed by atoms with van der Waals surface area (Å²) >= 11 is 0. The third-order valence-corrected chi connectivity index (χ3v) is 4.67. The van der Waals surface area contributed by atoms with Crippen molar-refractivity contribution in [1.29, 1.82) is 0 Å². The third kappa shape index (κ3) is 3.76. The summed E-state index contributed by atoms with van der Waals surface area (Å²) in [6.45, 7) is 7.15. The molecular weight excluding hydrogens is 308 g/mol. The van der Waals surface area contributed by atoms with E-state index in [1.165, 1.54) is 22.0 Å². The highest BCUT2D eigenvalue weighted by molar-refractivity contribution is 5.94. The summed E-state index contributed by atoms with van der Waals surface area (Å²) < 4.78 is 2.14. The summed E-state index contributed by atoms with van der Waals surface area (Å²) in [5.41, 5.74) is 4.54. The maximum absolute atomic E-state index is 12.3. The van der Waals surface area contributed by atoms with Crippen molar-refractivity contribution in [3.8, 4) is 0 Å². The zero-order chi connectivity index (χ0) is 18.0. The Kier molecular flexibility index (Phi) is 4.67. The molecule has 1 N–H and O–H groups in total. The number of amides is 1. The van der Waals surface area contributed by atoms with Crippen LogP contribution < -0.4 is 5.32 Å². The van der Waals surface area contributed by atoms with E-state index in [0.717, 1.165) is 6.42 Å². The fourth-order valence-electron chi connectivity index (χ4n) is 3.16. The molecular formula is C22H26N2O. The van der Waals surface area contributed by atoms with Crippen molar-refractivity contribution in [2.45, 2.75) is 32.6 Å². The topological polar surface area (TPSA) is 34.0 Å². The number of carbonyl (C=O) groups excluding carboxylic acids is 1. The summed E-state index contributed by atoms with van der Waals surface area (Å²) in [6.07, 6.45) is 2.97. The molecule has 3 nitrogen and oxygen atoms in total. The Morgan fingerprint density at radius 1 is 1.04 bits per heavy atom. The normalized spacial score (nSPS) is 11.7. The van der Waals surface area contributed by atoms with Crippen molar-refractivity contribution in [2.24, 2.45) is 7.05 Å². The number of aryl methyl sites for hydroxylation is 1. The Hall–Kier alpha value is -2.55. The van der Waals surface area contributed by atoms with Gasteiger partial charge >= 0.3 is 0 Å². The van der Waals surface area contributed by atoms with Crippen LogP contribution in [0, 0.1) is 0 Å². The van der Waals surface area contributed by atoms with E-state index in [9.17, 15) is 4.79 Å². The predicted molar refractivity (Wildman–Crippen MR) is 104 cm³/mol. The molecule has 0 saturated heterocycles. The van der Waals surface area contributed by atoms with E-state index in [0.29, 0.717) is 12.1 Å². The minimum atomic E-state index is -0.0132. The maximum Gasteiger partial charge on any atom is 0.251 e. The molecule has 3 heteroatoms. The number of aromatic nitrogens is 1. The Morgan fingerprint density at radius 3 is 2.40 bits per heavy atom. The first kappa shape index (κ1) is 17.3. The van der Waals surface area contributed by atoms with Gasteiger partial charge in [0.1, 0.15) is 0 Å². The number of nitrogens with zero attached hydrogens (tertiary/aromatic N) is 1. The first-order valence-electron chi connectivity index (χ1n) is 8.78. The van der Waals surface area contributed by atoms with Gasteiger partial charge in [-0.1, -0.05) is 51.1 Å². The van der Waals surface area contributed by atoms with Crippen LogP contribution in [-0.4, -0.2) is 17.0 Å². The highest BCUT2D eigenvalue weighted by Gasteiger charge is 2.14. The van der Waals surface area contributed by atoms with E-state index in [4.69, 9.17) is 0 Å². The number of carbonyl (C=O) groups is 1. The standard InChI is InChI=1S/C22H26N2O/c1-22(2,3)18-11-9-16(10-12-18)21(25)23-14-13-17-15-24(4)20-8-6-5-7-19(17)20/h5-12,15H,13-14H2,1-4H3,(H,23,25). The minimum Gasteiger partial charge on any atom is -0.352 e. The maximum atomic E-state index is 12.3. The lowest BCUT2D eigenvalue weighted by Gasteiger charge is -2.19. The Balaban J connectivity index is 1.62. The van der Waals surface area contributed by atoms with Gasteiger partial charge in [-0.05, 0) is 41.2 Å². The molecule has 3 rings (SSSR count). The predicted octanol–water partition coefficient (Wildman–Crippen LogP) is 4.45. The molecule has 0 fully saturated rings. The van der Waals surface area contributed by atoms with Gasteiger partial charge in [-0.25, -0.2) is 0 Å². The first-order chi connectivity index (χ1) is 11.9. The molecule has 0 bridgehead atoms. The molecule has 0 aliphatic carbocycles. The third-order valence-electron chi connectivity index (χ3n) is 4.67. The zero-order valence-corrected chi connectivity index (χ0v) is 15.5. The molecule has 0 spiro atoms. The lowest BCUT2D eigenvalue weighted by molar-refractivity contribution is 0.0954. The quantitative estimate of drug-likeness (QED) is 0.751. The minimum absolute atomic E-state index is 0.0132. The molecule has 2 aromatic carbocycles. The summed E-state index contributed by atoms with van der Waals surface area (Å²) in [4.78, 5) is 12.3. The van der Waals surface area contributed by atoms with Crippen LogP contribution in [0.2, 0.25) is 0 Å². The average Bonchev–Trinajstić information content (AvgIpc) is 2.91. The monoisotopic (exact) mass is 334 g/mol. The highest BCUT2D eigenvalue weighted by atomic mass is 16.1. The van der Waals surface area contributed by atoms with Gasteiger partial charge in [0, 0.05) is 36.3 Å². The van der Waals surface area contributed by atoms with Crippen molar-refractivity contribution in [2.75, 3.05) is 6.54 Å². The van der Waals surface area contributed by atoms with E-state index >= 15 is 0 Å². The van der Waals surface area contributed by atoms with Gasteiger partial charge in [-0.2, -0.15) is 0 Å². The van der Waals surface area contributed by atoms with Crippen molar-refractivity contribution >= 4 is 16.8 Å². The van der Waals surface area contributed by atoms with E-state index in [1.54, 1.807) is 0 Å². The van der Waals surface area contributed by atoms with E-state index < -0.39 is 0 Å². The molecule has 25 heavy (non-hydrogen) atoms. The van der Waals surface area contributed by atoms with Crippen LogP contribution in [0.25, 0.3) is 10.9 Å². The summed E-state index contributed by atoms with van der Waals surface area (Å²) in [6, 6.07) is 16.3. The van der Waals surface area contributed by atoms with Crippen molar-refractivity contribution in [1.82, 2.24) is 9.88 Å². The number of fused-ring (bicyclic) bond motifs is 1. The van der Waals surface area contributed by atoms with Gasteiger partial charge in [0.15, 0.2) is 0 Å². The van der Waals surface area contributed by atoms with Crippen LogP contribution in [0.15, 0.2) is 54.7 Å². The molecule has 0 atom stereocenters. The van der Waals surface area contributed by atoms with Crippen LogP contribution in [0.3, 0.4) is 0 Å². The van der Waals surface area contributed by atoms with Gasteiger partial charge < -0.3 is 9.88 Å². The van der Waals surface area contributed by atoms with Crippen LogP contribution in [-0.2, 0) is 18.9 Å². The average molecular weight is 334 g/mol. The fourth-order valence-corrected chi connectivity index (χ4v) is 3.16. The second-order valence-electron chi connectivity index (χ2n) is 7.62. The number of nitrogens with one attached hydrogen (secondary N) is 1. The smallest absolute Gasteiger partial charge is 0.251 e. The molecule has 0 aliphatic rings. The molecule has 0 radical (unpaired) electrons. The number of para-hydroxylation sites is 1. The number of benzene rings is 2. The first-order valence-corrected chi connectivity index (χ1v) is 8.78. The highest BCUT2D eigenvalue weighted by Crippen LogP contribution is 2.22. The van der Waals surface area contributed by atoms with E-state index in [2.05, 4.69) is 68.2 Å². The lowest BCUT2D eigenvalue weighted by Crippen LogP contribution is -2.25. The number of hydrogen-bond donors (Lipinski definition) is 1. The van der Waals surface area contributed by atoms with Crippen molar-refractivity contribution in [3.63, 3.8) is 0 Å². The van der Waals surface area contributed by atoms with Gasteiger partial charge in [-0.3, -0.25) is 4.79 Å². The number of rotatable bonds is 4. The molecule has 3 aromatic rings. The lowest BCUT2D eigenvalue weighted by atomic mass is 9.87. The van der Waals surface area contributed by atoms with Crippen molar-refractivity contribution < 1.29 is 4.79 Å². The Bertz CT molecular complexity index is 883. The van der Waals surface area contributed by atoms with Gasteiger partial charge in [0.25, 0.3) is 5.91 Å². The van der Waals surface area contributed by atoms with Gasteiger partial charge in [0.05, 0.1) is 0 Å². The largest absolute Gasteiger partial charge is 0.352 e. The molecule has 0 unspecified atom stereocenters. The SMILES string of the molecule is Cn1cc(CCNC(=O)c2ccc(C(C)(C)C)cc2)c2ccccc21. The zero-order valence-electron chi connectivity index (χ0n) is 15.5. The Morgan fingerprint density at radius 2 is 1.72 bits per heavy atom. The van der Waals surface area contributed by atoms with Crippen LogP contribution in [0.5, 0.6) is 0 Å². The molecule has 0 saturated carbocycles. The van der Waals surface area contributed by atoms with Crippen LogP contribution in [0.4, 0.5) is 0 Å². The van der Waals surface area contributed by atoms with Gasteiger partial charge in [0.2, 0.25) is 0 Å². The molecule has 0 aliphatic heterocycles. The summed E-state index contributed by atoms with van der Waals surface area (Å²) in [5, 5.41) is 4.29. The Labute approximate surface area is 149 Å². The second-order valence-corrected chi connectivity index (χ2v) is 7.62. The molecule has 1 aromatic heterocycles. The fraction of sp³-hybridized carbons (Fsp3) is 0.318. The molecule has 130 valence electrons. The van der Waals surface area contributed by atoms with E-state index in [-0.39, 0.29) is 11.3 Å². The molecule has 1 heterocycles. The van der Waals surface area contributed by atoms with Crippen molar-refractivity contribution in [3.05, 3.63) is 71.4 Å². The van der Waals surface area contributed by atoms with E-state index in [1.807, 2.05) is 24.3 Å². The second kappa shape index (κ2) is 6.75. The van der Waals surface area contributed by atoms with Crippen LogP contribution >= 0.6 is 0 Å². The van der Waals surface area contributed by atoms with Crippen LogP contribution in [0.1, 0.15) is 42.3 Å². The van der Waals surface area contributed by atoms with Gasteiger partial charge in [-0.15, -0.1) is 0 Å². The molecule has 1 amide bonds. The number of hydrogen-bond acceptors (Lipinski definition) is 1.